The van der Waals surface area contributed by atoms with Crippen molar-refractivity contribution in [3.8, 4) is 0 Å². The van der Waals surface area contributed by atoms with Crippen molar-refractivity contribution in [1.29, 1.82) is 0 Å². The first-order valence-electron chi connectivity index (χ1n) is 7.77. The fourth-order valence-corrected chi connectivity index (χ4v) is 3.70. The first kappa shape index (κ1) is 18.3. The minimum Gasteiger partial charge on any atom is -0.465 e. The Kier molecular flexibility index (Phi) is 5.49. The lowest BCUT2D eigenvalue weighted by molar-refractivity contribution is -0.143. The van der Waals surface area contributed by atoms with Crippen molar-refractivity contribution < 1.29 is 18.7 Å². The fraction of sp³-hybridized carbons (Fsp3) is 0.167. The summed E-state index contributed by atoms with van der Waals surface area (Å²) in [6.45, 7) is 1.87. The standard InChI is InChI=1S/C18H14ClFN2O3S/c1-2-25-16(23)10-22-14-7-6-12(19)9-15(14)26-18(22)21-17(24)11-4-3-5-13(20)8-11/h3-9H,2,10H2,1H3. The van der Waals surface area contributed by atoms with Crippen LogP contribution in [0.15, 0.2) is 47.5 Å². The molecule has 5 nitrogen and oxygen atoms in total. The van der Waals surface area contributed by atoms with Crippen molar-refractivity contribution in [1.82, 2.24) is 4.57 Å². The lowest BCUT2D eigenvalue weighted by Gasteiger charge is -2.05. The Bertz CT molecular complexity index is 1060. The molecule has 8 heteroatoms. The van der Waals surface area contributed by atoms with E-state index in [1.165, 1.54) is 29.5 Å². The third-order valence-electron chi connectivity index (χ3n) is 3.51. The Hall–Kier alpha value is -2.51. The molecule has 0 radical (unpaired) electrons. The SMILES string of the molecule is CCOC(=O)Cn1c(=NC(=O)c2cccc(F)c2)sc2cc(Cl)ccc21. The molecule has 0 bridgehead atoms. The van der Waals surface area contributed by atoms with E-state index in [9.17, 15) is 14.0 Å². The van der Waals surface area contributed by atoms with E-state index in [2.05, 4.69) is 4.99 Å². The number of ether oxygens (including phenoxy) is 1. The highest BCUT2D eigenvalue weighted by Gasteiger charge is 2.13. The normalized spacial score (nSPS) is 11.7. The molecule has 0 spiro atoms. The second-order valence-electron chi connectivity index (χ2n) is 5.32. The van der Waals surface area contributed by atoms with Gasteiger partial charge in [0.15, 0.2) is 4.80 Å². The highest BCUT2D eigenvalue weighted by Crippen LogP contribution is 2.22. The van der Waals surface area contributed by atoms with Crippen molar-refractivity contribution in [2.24, 2.45) is 4.99 Å². The molecule has 0 aliphatic carbocycles. The minimum absolute atomic E-state index is 0.0925. The quantitative estimate of drug-likeness (QED) is 0.634. The molecule has 3 rings (SSSR count). The molecule has 0 saturated heterocycles. The van der Waals surface area contributed by atoms with Crippen molar-refractivity contribution >= 4 is 45.0 Å². The average molecular weight is 393 g/mol. The molecule has 0 N–H and O–H groups in total. The van der Waals surface area contributed by atoms with E-state index >= 15 is 0 Å². The molecule has 1 heterocycles. The zero-order valence-corrected chi connectivity index (χ0v) is 15.3. The largest absolute Gasteiger partial charge is 0.465 e. The number of amides is 1. The second kappa shape index (κ2) is 7.80. The predicted octanol–water partition coefficient (Wildman–Crippen LogP) is 3.80. The molecule has 0 aliphatic rings. The summed E-state index contributed by atoms with van der Waals surface area (Å²) in [7, 11) is 0. The molecule has 0 unspecified atom stereocenters. The zero-order chi connectivity index (χ0) is 18.7. The molecular weight excluding hydrogens is 379 g/mol. The van der Waals surface area contributed by atoms with Crippen LogP contribution in [0.25, 0.3) is 10.2 Å². The molecule has 0 fully saturated rings. The number of aromatic nitrogens is 1. The van der Waals surface area contributed by atoms with Gasteiger partial charge in [0.1, 0.15) is 12.4 Å². The highest BCUT2D eigenvalue weighted by molar-refractivity contribution is 7.16. The Morgan fingerprint density at radius 1 is 1.27 bits per heavy atom. The summed E-state index contributed by atoms with van der Waals surface area (Å²) in [6.07, 6.45) is 0. The van der Waals surface area contributed by atoms with Gasteiger partial charge < -0.3 is 9.30 Å². The second-order valence-corrected chi connectivity index (χ2v) is 6.76. The number of benzene rings is 2. The number of halogens is 2. The van der Waals surface area contributed by atoms with Crippen LogP contribution >= 0.6 is 22.9 Å². The van der Waals surface area contributed by atoms with Crippen LogP contribution in [0, 0.1) is 5.82 Å². The lowest BCUT2D eigenvalue weighted by atomic mass is 10.2. The summed E-state index contributed by atoms with van der Waals surface area (Å²) >= 11 is 7.24. The summed E-state index contributed by atoms with van der Waals surface area (Å²) in [6, 6.07) is 10.5. The van der Waals surface area contributed by atoms with Gasteiger partial charge in [0.05, 0.1) is 16.8 Å². The van der Waals surface area contributed by atoms with E-state index in [-0.39, 0.29) is 18.7 Å². The maximum absolute atomic E-state index is 13.3. The van der Waals surface area contributed by atoms with Gasteiger partial charge in [-0.2, -0.15) is 4.99 Å². The maximum atomic E-state index is 13.3. The van der Waals surface area contributed by atoms with Crippen LogP contribution in [0.3, 0.4) is 0 Å². The first-order chi connectivity index (χ1) is 12.5. The van der Waals surface area contributed by atoms with Crippen LogP contribution < -0.4 is 4.80 Å². The smallest absolute Gasteiger partial charge is 0.326 e. The van der Waals surface area contributed by atoms with E-state index in [1.807, 2.05) is 0 Å². The van der Waals surface area contributed by atoms with E-state index in [0.29, 0.717) is 15.3 Å². The Balaban J connectivity index is 2.11. The van der Waals surface area contributed by atoms with Crippen molar-refractivity contribution in [2.75, 3.05) is 6.61 Å². The van der Waals surface area contributed by atoms with Gasteiger partial charge in [0.25, 0.3) is 5.91 Å². The van der Waals surface area contributed by atoms with Crippen molar-refractivity contribution in [3.05, 3.63) is 63.7 Å². The van der Waals surface area contributed by atoms with Crippen molar-refractivity contribution in [3.63, 3.8) is 0 Å². The van der Waals surface area contributed by atoms with Gasteiger partial charge in [-0.05, 0) is 43.3 Å². The third kappa shape index (κ3) is 4.00. The number of carbonyl (C=O) groups is 2. The number of rotatable bonds is 4. The Morgan fingerprint density at radius 3 is 2.81 bits per heavy atom. The summed E-state index contributed by atoms with van der Waals surface area (Å²) < 4.78 is 20.7. The number of fused-ring (bicyclic) bond motifs is 1. The molecule has 1 amide bonds. The van der Waals surface area contributed by atoms with E-state index in [4.69, 9.17) is 16.3 Å². The molecule has 3 aromatic rings. The Morgan fingerprint density at radius 2 is 2.08 bits per heavy atom. The molecule has 0 saturated carbocycles. The molecular formula is C18H14ClFN2O3S. The molecule has 0 aliphatic heterocycles. The van der Waals surface area contributed by atoms with E-state index in [1.54, 1.807) is 29.7 Å². The molecule has 26 heavy (non-hydrogen) atoms. The molecule has 1 aromatic heterocycles. The number of hydrogen-bond acceptors (Lipinski definition) is 4. The average Bonchev–Trinajstić information content (AvgIpc) is 2.91. The van der Waals surface area contributed by atoms with Gasteiger partial charge in [-0.3, -0.25) is 9.59 Å². The van der Waals surface area contributed by atoms with Gasteiger partial charge in [-0.1, -0.05) is 29.0 Å². The number of esters is 1. The summed E-state index contributed by atoms with van der Waals surface area (Å²) in [5, 5.41) is 0.532. The van der Waals surface area contributed by atoms with Crippen LogP contribution in [0.2, 0.25) is 5.02 Å². The highest BCUT2D eigenvalue weighted by atomic mass is 35.5. The molecule has 0 atom stereocenters. The Labute approximate surface area is 157 Å². The van der Waals surface area contributed by atoms with Gasteiger partial charge in [-0.15, -0.1) is 0 Å². The van der Waals surface area contributed by atoms with Crippen molar-refractivity contribution in [2.45, 2.75) is 13.5 Å². The van der Waals surface area contributed by atoms with Gasteiger partial charge >= 0.3 is 5.97 Å². The zero-order valence-electron chi connectivity index (χ0n) is 13.7. The number of hydrogen-bond donors (Lipinski definition) is 0. The summed E-state index contributed by atoms with van der Waals surface area (Å²) in [5.41, 5.74) is 0.835. The number of thiazole rings is 1. The third-order valence-corrected chi connectivity index (χ3v) is 4.78. The maximum Gasteiger partial charge on any atom is 0.326 e. The predicted molar refractivity (Wildman–Crippen MR) is 97.8 cm³/mol. The molecule has 2 aromatic carbocycles. The van der Waals surface area contributed by atoms with Crippen LogP contribution in [0.1, 0.15) is 17.3 Å². The van der Waals surface area contributed by atoms with Gasteiger partial charge in [0.2, 0.25) is 0 Å². The lowest BCUT2D eigenvalue weighted by Crippen LogP contribution is -2.23. The summed E-state index contributed by atoms with van der Waals surface area (Å²) in [5.74, 6) is -1.56. The molecule has 134 valence electrons. The first-order valence-corrected chi connectivity index (χ1v) is 8.96. The van der Waals surface area contributed by atoms with E-state index < -0.39 is 17.7 Å². The van der Waals surface area contributed by atoms with E-state index in [0.717, 1.165) is 10.8 Å². The fourth-order valence-electron chi connectivity index (χ4n) is 2.39. The van der Waals surface area contributed by atoms with Crippen LogP contribution in [0.4, 0.5) is 4.39 Å². The van der Waals surface area contributed by atoms with Gasteiger partial charge in [-0.25, -0.2) is 4.39 Å². The van der Waals surface area contributed by atoms with Gasteiger partial charge in [0, 0.05) is 10.6 Å². The summed E-state index contributed by atoms with van der Waals surface area (Å²) in [4.78, 5) is 28.7. The number of carbonyl (C=O) groups excluding carboxylic acids is 2. The van der Waals surface area contributed by atoms with Crippen LogP contribution in [0.5, 0.6) is 0 Å². The number of nitrogens with zero attached hydrogens (tertiary/aromatic N) is 2. The van der Waals surface area contributed by atoms with Crippen LogP contribution in [-0.2, 0) is 16.1 Å². The topological polar surface area (TPSA) is 60.7 Å². The monoisotopic (exact) mass is 392 g/mol. The minimum atomic E-state index is -0.597. The van der Waals surface area contributed by atoms with Crippen LogP contribution in [-0.4, -0.2) is 23.1 Å².